The van der Waals surface area contributed by atoms with Crippen LogP contribution in [0.5, 0.6) is 5.75 Å². The standard InChI is InChI=1S/C18H21N5O/c1-24-17-5-3-15(4-6-17)12-21-9-10-23-16(11-19-18(23)14-21)13-22-8-2-7-20-22/h2-8,11H,9-10,12-14H2,1H3. The average Bonchev–Trinajstić information content (AvgIpc) is 3.26. The molecule has 0 radical (unpaired) electrons. The second-order valence-corrected chi connectivity index (χ2v) is 6.08. The van der Waals surface area contributed by atoms with E-state index >= 15 is 0 Å². The van der Waals surface area contributed by atoms with Crippen LogP contribution in [-0.4, -0.2) is 37.9 Å². The summed E-state index contributed by atoms with van der Waals surface area (Å²) in [6.07, 6.45) is 5.77. The second kappa shape index (κ2) is 6.49. The number of hydrogen-bond acceptors (Lipinski definition) is 4. The van der Waals surface area contributed by atoms with Crippen molar-refractivity contribution in [1.29, 1.82) is 0 Å². The van der Waals surface area contributed by atoms with Crippen LogP contribution in [0.2, 0.25) is 0 Å². The van der Waals surface area contributed by atoms with Gasteiger partial charge in [-0.3, -0.25) is 9.58 Å². The molecule has 1 aliphatic heterocycles. The lowest BCUT2D eigenvalue weighted by Gasteiger charge is -2.28. The molecule has 4 rings (SSSR count). The molecule has 0 atom stereocenters. The van der Waals surface area contributed by atoms with Crippen molar-refractivity contribution in [1.82, 2.24) is 24.2 Å². The first-order valence-electron chi connectivity index (χ1n) is 8.18. The van der Waals surface area contributed by atoms with E-state index in [9.17, 15) is 0 Å². The van der Waals surface area contributed by atoms with Gasteiger partial charge in [0.2, 0.25) is 0 Å². The van der Waals surface area contributed by atoms with Crippen molar-refractivity contribution in [3.8, 4) is 5.75 Å². The Hall–Kier alpha value is -2.60. The van der Waals surface area contributed by atoms with E-state index in [0.717, 1.165) is 44.3 Å². The lowest BCUT2D eigenvalue weighted by Crippen LogP contribution is -2.34. The molecule has 0 bridgehead atoms. The molecule has 6 nitrogen and oxygen atoms in total. The topological polar surface area (TPSA) is 48.1 Å². The van der Waals surface area contributed by atoms with Crippen LogP contribution in [0, 0.1) is 0 Å². The van der Waals surface area contributed by atoms with E-state index in [1.54, 1.807) is 7.11 Å². The molecule has 1 aromatic carbocycles. The molecule has 3 aromatic rings. The normalized spacial score (nSPS) is 14.5. The minimum atomic E-state index is 0.776. The Bertz CT molecular complexity index is 791. The fraction of sp³-hybridized carbons (Fsp3) is 0.333. The number of hydrogen-bond donors (Lipinski definition) is 0. The predicted molar refractivity (Wildman–Crippen MR) is 90.7 cm³/mol. The third-order valence-electron chi connectivity index (χ3n) is 4.47. The molecule has 0 saturated heterocycles. The second-order valence-electron chi connectivity index (χ2n) is 6.08. The molecule has 24 heavy (non-hydrogen) atoms. The third kappa shape index (κ3) is 3.05. The van der Waals surface area contributed by atoms with Gasteiger partial charge in [-0.05, 0) is 23.8 Å². The number of methoxy groups -OCH3 is 1. The molecule has 3 heterocycles. The maximum atomic E-state index is 5.22. The first-order chi connectivity index (χ1) is 11.8. The van der Waals surface area contributed by atoms with E-state index in [4.69, 9.17) is 4.74 Å². The van der Waals surface area contributed by atoms with Crippen molar-refractivity contribution in [2.75, 3.05) is 13.7 Å². The SMILES string of the molecule is COc1ccc(CN2CCn3c(Cn4cccn4)cnc3C2)cc1. The molecule has 0 fully saturated rings. The molecule has 124 valence electrons. The van der Waals surface area contributed by atoms with Crippen molar-refractivity contribution in [3.63, 3.8) is 0 Å². The predicted octanol–water partition coefficient (Wildman–Crippen LogP) is 2.15. The van der Waals surface area contributed by atoms with Crippen molar-refractivity contribution in [3.05, 3.63) is 66.0 Å². The Labute approximate surface area is 141 Å². The maximum Gasteiger partial charge on any atom is 0.123 e. The molecule has 1 aliphatic rings. The highest BCUT2D eigenvalue weighted by molar-refractivity contribution is 5.27. The number of fused-ring (bicyclic) bond motifs is 1. The average molecular weight is 323 g/mol. The Kier molecular flexibility index (Phi) is 4.04. The first-order valence-corrected chi connectivity index (χ1v) is 8.18. The molecule has 2 aromatic heterocycles. The van der Waals surface area contributed by atoms with Gasteiger partial charge in [0.1, 0.15) is 11.6 Å². The zero-order valence-corrected chi connectivity index (χ0v) is 13.8. The lowest BCUT2D eigenvalue weighted by molar-refractivity contribution is 0.207. The van der Waals surface area contributed by atoms with E-state index in [-0.39, 0.29) is 0 Å². The van der Waals surface area contributed by atoms with Gasteiger partial charge >= 0.3 is 0 Å². The highest BCUT2D eigenvalue weighted by atomic mass is 16.5. The number of ether oxygens (including phenoxy) is 1. The van der Waals surface area contributed by atoms with Crippen LogP contribution in [0.3, 0.4) is 0 Å². The smallest absolute Gasteiger partial charge is 0.123 e. The number of aromatic nitrogens is 4. The number of nitrogens with zero attached hydrogens (tertiary/aromatic N) is 5. The minimum Gasteiger partial charge on any atom is -0.497 e. The third-order valence-corrected chi connectivity index (χ3v) is 4.47. The van der Waals surface area contributed by atoms with Crippen molar-refractivity contribution in [2.24, 2.45) is 0 Å². The molecule has 0 unspecified atom stereocenters. The molecule has 0 saturated carbocycles. The zero-order valence-electron chi connectivity index (χ0n) is 13.8. The van der Waals surface area contributed by atoms with Crippen LogP contribution in [-0.2, 0) is 26.2 Å². The summed E-state index contributed by atoms with van der Waals surface area (Å²) in [5.41, 5.74) is 2.52. The minimum absolute atomic E-state index is 0.776. The monoisotopic (exact) mass is 323 g/mol. The van der Waals surface area contributed by atoms with Gasteiger partial charge in [-0.15, -0.1) is 0 Å². The summed E-state index contributed by atoms with van der Waals surface area (Å²) >= 11 is 0. The maximum absolute atomic E-state index is 5.22. The Balaban J connectivity index is 1.43. The van der Waals surface area contributed by atoms with E-state index < -0.39 is 0 Å². The van der Waals surface area contributed by atoms with Gasteiger partial charge in [0, 0.05) is 32.0 Å². The van der Waals surface area contributed by atoms with Gasteiger partial charge in [0.25, 0.3) is 0 Å². The largest absolute Gasteiger partial charge is 0.497 e. The van der Waals surface area contributed by atoms with Gasteiger partial charge in [-0.2, -0.15) is 5.10 Å². The highest BCUT2D eigenvalue weighted by Crippen LogP contribution is 2.18. The van der Waals surface area contributed by atoms with Crippen molar-refractivity contribution >= 4 is 0 Å². The Morgan fingerprint density at radius 1 is 1.12 bits per heavy atom. The van der Waals surface area contributed by atoms with Crippen molar-refractivity contribution < 1.29 is 4.74 Å². The number of imidazole rings is 1. The highest BCUT2D eigenvalue weighted by Gasteiger charge is 2.20. The van der Waals surface area contributed by atoms with Crippen LogP contribution in [0.15, 0.2) is 48.9 Å². The summed E-state index contributed by atoms with van der Waals surface area (Å²) in [4.78, 5) is 7.05. The lowest BCUT2D eigenvalue weighted by atomic mass is 10.2. The summed E-state index contributed by atoms with van der Waals surface area (Å²) < 4.78 is 9.48. The summed E-state index contributed by atoms with van der Waals surface area (Å²) in [5, 5.41) is 4.28. The molecule has 0 aliphatic carbocycles. The molecular formula is C18H21N5O. The fourth-order valence-corrected chi connectivity index (χ4v) is 3.18. The van der Waals surface area contributed by atoms with Gasteiger partial charge in [-0.25, -0.2) is 4.98 Å². The van der Waals surface area contributed by atoms with Crippen molar-refractivity contribution in [2.45, 2.75) is 26.2 Å². The van der Waals surface area contributed by atoms with Crippen LogP contribution in [0.1, 0.15) is 17.1 Å². The van der Waals surface area contributed by atoms with E-state index in [1.165, 1.54) is 11.3 Å². The van der Waals surface area contributed by atoms with Gasteiger partial charge in [-0.1, -0.05) is 12.1 Å². The summed E-state index contributed by atoms with van der Waals surface area (Å²) in [6, 6.07) is 10.2. The van der Waals surface area contributed by atoms with E-state index in [2.05, 4.69) is 31.7 Å². The van der Waals surface area contributed by atoms with Gasteiger partial charge in [0.05, 0.1) is 32.1 Å². The quantitative estimate of drug-likeness (QED) is 0.722. The molecule has 6 heteroatoms. The summed E-state index contributed by atoms with van der Waals surface area (Å²) in [6.45, 7) is 4.60. The molecule has 0 spiro atoms. The number of rotatable bonds is 5. The molecule has 0 N–H and O–H groups in total. The first kappa shape index (κ1) is 15.0. The Morgan fingerprint density at radius 3 is 2.75 bits per heavy atom. The van der Waals surface area contributed by atoms with Crippen LogP contribution < -0.4 is 4.74 Å². The van der Waals surface area contributed by atoms with Crippen LogP contribution in [0.4, 0.5) is 0 Å². The molecule has 0 amide bonds. The summed E-state index contributed by atoms with van der Waals surface area (Å²) in [7, 11) is 1.69. The molecular weight excluding hydrogens is 302 g/mol. The van der Waals surface area contributed by atoms with Crippen LogP contribution >= 0.6 is 0 Å². The van der Waals surface area contributed by atoms with Gasteiger partial charge in [0.15, 0.2) is 0 Å². The zero-order chi connectivity index (χ0) is 16.4. The van der Waals surface area contributed by atoms with Crippen LogP contribution in [0.25, 0.3) is 0 Å². The number of benzene rings is 1. The summed E-state index contributed by atoms with van der Waals surface area (Å²) in [5.74, 6) is 2.04. The van der Waals surface area contributed by atoms with E-state index in [0.29, 0.717) is 0 Å². The van der Waals surface area contributed by atoms with E-state index in [1.807, 2.05) is 41.5 Å². The van der Waals surface area contributed by atoms with Gasteiger partial charge < -0.3 is 9.30 Å². The Morgan fingerprint density at radius 2 is 2.00 bits per heavy atom. The fourth-order valence-electron chi connectivity index (χ4n) is 3.18.